The SMILES string of the molecule is C=CN(Cc1ccccc1)C(C)(C)CCCC.Cl. The summed E-state index contributed by atoms with van der Waals surface area (Å²) in [6, 6.07) is 10.6. The van der Waals surface area contributed by atoms with Gasteiger partial charge in [0.05, 0.1) is 0 Å². The predicted molar refractivity (Wildman–Crippen MR) is 83.0 cm³/mol. The summed E-state index contributed by atoms with van der Waals surface area (Å²) in [5.74, 6) is 0. The van der Waals surface area contributed by atoms with Gasteiger partial charge in [0, 0.05) is 12.1 Å². The summed E-state index contributed by atoms with van der Waals surface area (Å²) in [5, 5.41) is 0. The van der Waals surface area contributed by atoms with E-state index < -0.39 is 0 Å². The van der Waals surface area contributed by atoms with Crippen LogP contribution in [-0.4, -0.2) is 10.4 Å². The first-order valence-electron chi connectivity index (χ1n) is 6.53. The molecule has 0 radical (unpaired) electrons. The van der Waals surface area contributed by atoms with Crippen molar-refractivity contribution >= 4 is 12.4 Å². The Kier molecular flexibility index (Phi) is 7.77. The molecular formula is C16H26ClN. The summed E-state index contributed by atoms with van der Waals surface area (Å²) in [6.45, 7) is 11.7. The minimum Gasteiger partial charge on any atom is -0.369 e. The number of unbranched alkanes of at least 4 members (excludes halogenated alkanes) is 1. The van der Waals surface area contributed by atoms with Crippen LogP contribution >= 0.6 is 12.4 Å². The molecule has 1 aromatic carbocycles. The van der Waals surface area contributed by atoms with Gasteiger partial charge in [-0.1, -0.05) is 56.7 Å². The van der Waals surface area contributed by atoms with Gasteiger partial charge in [-0.05, 0) is 32.0 Å². The third-order valence-electron chi connectivity index (χ3n) is 3.34. The Morgan fingerprint density at radius 2 is 1.83 bits per heavy atom. The van der Waals surface area contributed by atoms with Crippen molar-refractivity contribution < 1.29 is 0 Å². The molecule has 18 heavy (non-hydrogen) atoms. The lowest BCUT2D eigenvalue weighted by Crippen LogP contribution is -2.39. The van der Waals surface area contributed by atoms with Crippen molar-refractivity contribution in [3.63, 3.8) is 0 Å². The van der Waals surface area contributed by atoms with Gasteiger partial charge in [0.2, 0.25) is 0 Å². The molecule has 102 valence electrons. The van der Waals surface area contributed by atoms with Gasteiger partial charge in [0.15, 0.2) is 0 Å². The van der Waals surface area contributed by atoms with E-state index in [-0.39, 0.29) is 17.9 Å². The van der Waals surface area contributed by atoms with Crippen LogP contribution < -0.4 is 0 Å². The van der Waals surface area contributed by atoms with Gasteiger partial charge in [0.25, 0.3) is 0 Å². The molecular weight excluding hydrogens is 242 g/mol. The Morgan fingerprint density at radius 3 is 2.33 bits per heavy atom. The highest BCUT2D eigenvalue weighted by Gasteiger charge is 2.22. The molecule has 1 aromatic rings. The second-order valence-electron chi connectivity index (χ2n) is 5.21. The molecule has 1 rings (SSSR count). The van der Waals surface area contributed by atoms with Gasteiger partial charge in [-0.3, -0.25) is 0 Å². The van der Waals surface area contributed by atoms with Gasteiger partial charge in [-0.2, -0.15) is 0 Å². The van der Waals surface area contributed by atoms with Crippen molar-refractivity contribution in [2.24, 2.45) is 0 Å². The third kappa shape index (κ3) is 5.14. The zero-order chi connectivity index (χ0) is 12.7. The summed E-state index contributed by atoms with van der Waals surface area (Å²) in [4.78, 5) is 2.35. The summed E-state index contributed by atoms with van der Waals surface area (Å²) in [5.41, 5.74) is 1.53. The van der Waals surface area contributed by atoms with Crippen molar-refractivity contribution in [2.45, 2.75) is 52.1 Å². The molecule has 0 aliphatic heterocycles. The fraction of sp³-hybridized carbons (Fsp3) is 0.500. The lowest BCUT2D eigenvalue weighted by molar-refractivity contribution is 0.161. The van der Waals surface area contributed by atoms with Gasteiger partial charge >= 0.3 is 0 Å². The van der Waals surface area contributed by atoms with Crippen LogP contribution in [0.1, 0.15) is 45.6 Å². The zero-order valence-electron chi connectivity index (χ0n) is 11.9. The smallest absolute Gasteiger partial charge is 0.0429 e. The molecule has 0 bridgehead atoms. The van der Waals surface area contributed by atoms with Crippen LogP contribution in [-0.2, 0) is 6.54 Å². The molecule has 0 fully saturated rings. The average Bonchev–Trinajstić information content (AvgIpc) is 2.34. The first-order chi connectivity index (χ1) is 8.10. The second kappa shape index (κ2) is 8.20. The van der Waals surface area contributed by atoms with E-state index in [1.165, 1.54) is 24.8 Å². The lowest BCUT2D eigenvalue weighted by Gasteiger charge is -2.38. The van der Waals surface area contributed by atoms with Crippen LogP contribution in [0, 0.1) is 0 Å². The van der Waals surface area contributed by atoms with Crippen LogP contribution in [0.3, 0.4) is 0 Å². The minimum atomic E-state index is 0. The quantitative estimate of drug-likeness (QED) is 0.670. The molecule has 0 spiro atoms. The number of rotatable bonds is 7. The van der Waals surface area contributed by atoms with E-state index in [1.807, 2.05) is 6.20 Å². The molecule has 0 unspecified atom stereocenters. The van der Waals surface area contributed by atoms with Gasteiger partial charge < -0.3 is 4.90 Å². The fourth-order valence-corrected chi connectivity index (χ4v) is 2.06. The largest absolute Gasteiger partial charge is 0.369 e. The van der Waals surface area contributed by atoms with Crippen molar-refractivity contribution in [3.05, 3.63) is 48.7 Å². The molecule has 0 saturated carbocycles. The molecule has 0 heterocycles. The Morgan fingerprint density at radius 1 is 1.22 bits per heavy atom. The van der Waals surface area contributed by atoms with Gasteiger partial charge in [0.1, 0.15) is 0 Å². The zero-order valence-corrected chi connectivity index (χ0v) is 12.7. The number of benzene rings is 1. The molecule has 0 atom stereocenters. The van der Waals surface area contributed by atoms with E-state index >= 15 is 0 Å². The monoisotopic (exact) mass is 267 g/mol. The van der Waals surface area contributed by atoms with Crippen LogP contribution in [0.4, 0.5) is 0 Å². The van der Waals surface area contributed by atoms with Crippen molar-refractivity contribution in [2.75, 3.05) is 0 Å². The number of halogens is 1. The molecule has 0 aliphatic rings. The highest BCUT2D eigenvalue weighted by Crippen LogP contribution is 2.24. The van der Waals surface area contributed by atoms with Crippen LogP contribution in [0.5, 0.6) is 0 Å². The summed E-state index contributed by atoms with van der Waals surface area (Å²) in [7, 11) is 0. The molecule has 0 amide bonds. The first-order valence-corrected chi connectivity index (χ1v) is 6.53. The normalized spacial score (nSPS) is 10.6. The molecule has 0 N–H and O–H groups in total. The third-order valence-corrected chi connectivity index (χ3v) is 3.34. The highest BCUT2D eigenvalue weighted by molar-refractivity contribution is 5.85. The van der Waals surface area contributed by atoms with E-state index in [1.54, 1.807) is 0 Å². The Hall–Kier alpha value is -0.950. The molecule has 1 nitrogen and oxygen atoms in total. The molecule has 0 saturated heterocycles. The summed E-state index contributed by atoms with van der Waals surface area (Å²) in [6.07, 6.45) is 5.71. The maximum Gasteiger partial charge on any atom is 0.0429 e. The van der Waals surface area contributed by atoms with Crippen LogP contribution in [0.25, 0.3) is 0 Å². The van der Waals surface area contributed by atoms with Gasteiger partial charge in [-0.15, -0.1) is 12.4 Å². The topological polar surface area (TPSA) is 3.24 Å². The number of nitrogens with zero attached hydrogens (tertiary/aromatic N) is 1. The van der Waals surface area contributed by atoms with E-state index in [4.69, 9.17) is 0 Å². The lowest BCUT2D eigenvalue weighted by atomic mass is 9.95. The van der Waals surface area contributed by atoms with E-state index in [0.29, 0.717) is 0 Å². The van der Waals surface area contributed by atoms with Gasteiger partial charge in [-0.25, -0.2) is 0 Å². The fourth-order valence-electron chi connectivity index (χ4n) is 2.06. The minimum absolute atomic E-state index is 0. The van der Waals surface area contributed by atoms with E-state index in [9.17, 15) is 0 Å². The number of hydrogen-bond acceptors (Lipinski definition) is 1. The van der Waals surface area contributed by atoms with Crippen molar-refractivity contribution in [3.8, 4) is 0 Å². The van der Waals surface area contributed by atoms with Crippen LogP contribution in [0.15, 0.2) is 43.1 Å². The molecule has 2 heteroatoms. The number of hydrogen-bond donors (Lipinski definition) is 0. The Bertz CT molecular complexity index is 332. The summed E-state index contributed by atoms with van der Waals surface area (Å²) >= 11 is 0. The van der Waals surface area contributed by atoms with E-state index in [2.05, 4.69) is 62.6 Å². The summed E-state index contributed by atoms with van der Waals surface area (Å²) < 4.78 is 0. The highest BCUT2D eigenvalue weighted by atomic mass is 35.5. The average molecular weight is 268 g/mol. The van der Waals surface area contributed by atoms with Crippen molar-refractivity contribution in [1.29, 1.82) is 0 Å². The Labute approximate surface area is 118 Å². The molecule has 0 aliphatic carbocycles. The van der Waals surface area contributed by atoms with Crippen molar-refractivity contribution in [1.82, 2.24) is 4.90 Å². The first kappa shape index (κ1) is 17.1. The maximum atomic E-state index is 3.96. The molecule has 0 aromatic heterocycles. The maximum absolute atomic E-state index is 3.96. The van der Waals surface area contributed by atoms with E-state index in [0.717, 1.165) is 6.54 Å². The van der Waals surface area contributed by atoms with Crippen LogP contribution in [0.2, 0.25) is 0 Å². The predicted octanol–water partition coefficient (Wildman–Crippen LogP) is 5.02. The Balaban J connectivity index is 0.00000289. The standard InChI is InChI=1S/C16H25N.ClH/c1-5-7-13-16(3,4)17(6-2)14-15-11-9-8-10-12-15;/h6,8-12H,2,5,7,13-14H2,1,3-4H3;1H. The second-order valence-corrected chi connectivity index (χ2v) is 5.21.